The summed E-state index contributed by atoms with van der Waals surface area (Å²) in [4.78, 5) is 4.25. The van der Waals surface area contributed by atoms with Crippen molar-refractivity contribution in [1.29, 1.82) is 0 Å². The van der Waals surface area contributed by atoms with Crippen LogP contribution in [-0.4, -0.2) is 11.0 Å². The summed E-state index contributed by atoms with van der Waals surface area (Å²) in [6, 6.07) is 8.97. The first-order chi connectivity index (χ1) is 9.60. The Hall–Kier alpha value is -1.29. The van der Waals surface area contributed by atoms with Crippen molar-refractivity contribution in [2.24, 2.45) is 5.73 Å². The molecule has 0 bridgehead atoms. The molecule has 0 fully saturated rings. The fourth-order valence-electron chi connectivity index (χ4n) is 1.76. The summed E-state index contributed by atoms with van der Waals surface area (Å²) in [7, 11) is 0. The summed E-state index contributed by atoms with van der Waals surface area (Å²) < 4.78 is 5.78. The van der Waals surface area contributed by atoms with Crippen LogP contribution in [0, 0.1) is 0 Å². The van der Waals surface area contributed by atoms with Crippen LogP contribution in [0.4, 0.5) is 0 Å². The highest BCUT2D eigenvalue weighted by atomic mass is 35.5. The zero-order valence-electron chi connectivity index (χ0n) is 11.1. The Bertz CT molecular complexity index is 590. The monoisotopic (exact) mass is 310 g/mol. The molecule has 2 rings (SSSR count). The van der Waals surface area contributed by atoms with Gasteiger partial charge in [0, 0.05) is 28.9 Å². The van der Waals surface area contributed by atoms with Crippen molar-refractivity contribution >= 4 is 23.2 Å². The number of halogens is 2. The van der Waals surface area contributed by atoms with Crippen LogP contribution in [0.25, 0.3) is 0 Å². The second kappa shape index (κ2) is 6.93. The molecule has 3 nitrogen and oxygen atoms in total. The van der Waals surface area contributed by atoms with E-state index in [2.05, 4.69) is 11.9 Å². The van der Waals surface area contributed by atoms with Crippen molar-refractivity contribution in [3.8, 4) is 11.6 Å². The van der Waals surface area contributed by atoms with Crippen molar-refractivity contribution in [3.63, 3.8) is 0 Å². The topological polar surface area (TPSA) is 48.1 Å². The molecule has 0 saturated carbocycles. The van der Waals surface area contributed by atoms with E-state index in [-0.39, 0.29) is 6.04 Å². The van der Waals surface area contributed by atoms with Gasteiger partial charge in [-0.3, -0.25) is 0 Å². The van der Waals surface area contributed by atoms with Crippen LogP contribution in [0.5, 0.6) is 11.6 Å². The van der Waals surface area contributed by atoms with E-state index in [0.29, 0.717) is 28.1 Å². The lowest BCUT2D eigenvalue weighted by Crippen LogP contribution is -2.21. The Morgan fingerprint density at radius 3 is 2.85 bits per heavy atom. The van der Waals surface area contributed by atoms with Gasteiger partial charge in [-0.2, -0.15) is 0 Å². The van der Waals surface area contributed by atoms with E-state index in [0.717, 1.165) is 12.0 Å². The predicted octanol–water partition coefficient (Wildman–Crippen LogP) is 4.46. The maximum absolute atomic E-state index is 6.10. The number of nitrogens with two attached hydrogens (primary N) is 1. The molecule has 0 aliphatic heterocycles. The number of benzene rings is 1. The first-order valence-electron chi connectivity index (χ1n) is 6.42. The first kappa shape index (κ1) is 15.1. The van der Waals surface area contributed by atoms with Gasteiger partial charge in [0.1, 0.15) is 5.75 Å². The lowest BCUT2D eigenvalue weighted by Gasteiger charge is -2.13. The molecule has 1 aromatic carbocycles. The zero-order chi connectivity index (χ0) is 14.5. The molecular formula is C15H16Cl2N2O. The highest BCUT2D eigenvalue weighted by Crippen LogP contribution is 2.32. The van der Waals surface area contributed by atoms with E-state index < -0.39 is 0 Å². The fraction of sp³-hybridized carbons (Fsp3) is 0.267. The van der Waals surface area contributed by atoms with Crippen LogP contribution < -0.4 is 10.5 Å². The predicted molar refractivity (Wildman–Crippen MR) is 82.7 cm³/mol. The highest BCUT2D eigenvalue weighted by Gasteiger charge is 2.11. The molecule has 20 heavy (non-hydrogen) atoms. The Balaban J connectivity index is 2.27. The number of aromatic nitrogens is 1. The summed E-state index contributed by atoms with van der Waals surface area (Å²) in [5.74, 6) is 1.00. The molecule has 0 amide bonds. The van der Waals surface area contributed by atoms with Gasteiger partial charge in [-0.05, 0) is 31.0 Å². The van der Waals surface area contributed by atoms with Crippen LogP contribution >= 0.6 is 23.2 Å². The van der Waals surface area contributed by atoms with E-state index in [1.54, 1.807) is 24.4 Å². The van der Waals surface area contributed by atoms with Gasteiger partial charge in [-0.1, -0.05) is 36.2 Å². The maximum Gasteiger partial charge on any atom is 0.222 e. The smallest absolute Gasteiger partial charge is 0.222 e. The Kier molecular flexibility index (Phi) is 5.24. The Morgan fingerprint density at radius 2 is 2.10 bits per heavy atom. The van der Waals surface area contributed by atoms with Crippen molar-refractivity contribution in [2.45, 2.75) is 25.8 Å². The number of hydrogen-bond donors (Lipinski definition) is 1. The number of hydrogen-bond acceptors (Lipinski definition) is 3. The molecule has 2 N–H and O–H groups in total. The molecule has 106 valence electrons. The quantitative estimate of drug-likeness (QED) is 0.887. The zero-order valence-corrected chi connectivity index (χ0v) is 12.7. The van der Waals surface area contributed by atoms with Gasteiger partial charge < -0.3 is 10.5 Å². The minimum absolute atomic E-state index is 0.0800. The van der Waals surface area contributed by atoms with Gasteiger partial charge in [0.2, 0.25) is 5.88 Å². The van der Waals surface area contributed by atoms with E-state index in [4.69, 9.17) is 33.7 Å². The molecule has 0 radical (unpaired) electrons. The molecule has 0 saturated heterocycles. The normalized spacial score (nSPS) is 12.2. The van der Waals surface area contributed by atoms with E-state index in [1.807, 2.05) is 12.1 Å². The number of rotatable bonds is 5. The lowest BCUT2D eigenvalue weighted by atomic mass is 10.1. The number of ether oxygens (including phenoxy) is 1. The van der Waals surface area contributed by atoms with E-state index in [1.165, 1.54) is 0 Å². The second-order valence-corrected chi connectivity index (χ2v) is 5.36. The Labute approximate surface area is 128 Å². The molecule has 1 heterocycles. The molecular weight excluding hydrogens is 295 g/mol. The molecule has 0 aliphatic rings. The molecule has 5 heteroatoms. The average molecular weight is 311 g/mol. The number of pyridine rings is 1. The van der Waals surface area contributed by atoms with Crippen LogP contribution in [-0.2, 0) is 6.42 Å². The van der Waals surface area contributed by atoms with Crippen LogP contribution in [0.3, 0.4) is 0 Å². The standard InChI is InChI=1S/C15H16Cl2N2O/c1-2-12(18)8-10-4-3-7-19-15(10)20-14-9-11(16)5-6-13(14)17/h3-7,9,12H,2,8,18H2,1H3. The van der Waals surface area contributed by atoms with Crippen molar-refractivity contribution in [1.82, 2.24) is 4.98 Å². The summed E-state index contributed by atoms with van der Waals surface area (Å²) in [6.45, 7) is 2.05. The fourth-order valence-corrected chi connectivity index (χ4v) is 2.08. The molecule has 0 aliphatic carbocycles. The van der Waals surface area contributed by atoms with Crippen LogP contribution in [0.2, 0.25) is 10.0 Å². The number of nitrogens with zero attached hydrogens (tertiary/aromatic N) is 1. The van der Waals surface area contributed by atoms with E-state index >= 15 is 0 Å². The van der Waals surface area contributed by atoms with Gasteiger partial charge in [-0.25, -0.2) is 4.98 Å². The highest BCUT2D eigenvalue weighted by molar-refractivity contribution is 6.34. The lowest BCUT2D eigenvalue weighted by molar-refractivity contribution is 0.452. The summed E-state index contributed by atoms with van der Waals surface area (Å²) in [5.41, 5.74) is 6.95. The van der Waals surface area contributed by atoms with Gasteiger partial charge in [0.05, 0.1) is 5.02 Å². The van der Waals surface area contributed by atoms with Gasteiger partial charge in [0.25, 0.3) is 0 Å². The molecule has 1 aromatic heterocycles. The summed E-state index contributed by atoms with van der Waals surface area (Å²) in [6.07, 6.45) is 3.28. The largest absolute Gasteiger partial charge is 0.437 e. The maximum atomic E-state index is 6.10. The van der Waals surface area contributed by atoms with E-state index in [9.17, 15) is 0 Å². The summed E-state index contributed by atoms with van der Waals surface area (Å²) in [5, 5.41) is 1.05. The van der Waals surface area contributed by atoms with Gasteiger partial charge in [-0.15, -0.1) is 0 Å². The average Bonchev–Trinajstić information content (AvgIpc) is 2.44. The Morgan fingerprint density at radius 1 is 1.30 bits per heavy atom. The minimum atomic E-state index is 0.0800. The van der Waals surface area contributed by atoms with Gasteiger partial charge in [0.15, 0.2) is 0 Å². The minimum Gasteiger partial charge on any atom is -0.437 e. The molecule has 1 unspecified atom stereocenters. The first-order valence-corrected chi connectivity index (χ1v) is 7.18. The molecule has 0 spiro atoms. The van der Waals surface area contributed by atoms with Gasteiger partial charge >= 0.3 is 0 Å². The summed E-state index contributed by atoms with van der Waals surface area (Å²) >= 11 is 12.0. The van der Waals surface area contributed by atoms with Crippen LogP contribution in [0.15, 0.2) is 36.5 Å². The van der Waals surface area contributed by atoms with Crippen molar-refractivity contribution in [2.75, 3.05) is 0 Å². The van der Waals surface area contributed by atoms with Crippen LogP contribution in [0.1, 0.15) is 18.9 Å². The third-order valence-electron chi connectivity index (χ3n) is 2.96. The molecule has 1 atom stereocenters. The van der Waals surface area contributed by atoms with Crippen molar-refractivity contribution < 1.29 is 4.74 Å². The SMILES string of the molecule is CCC(N)Cc1cccnc1Oc1cc(Cl)ccc1Cl. The second-order valence-electron chi connectivity index (χ2n) is 4.52. The third kappa shape index (κ3) is 3.85. The third-order valence-corrected chi connectivity index (χ3v) is 3.50. The molecule has 2 aromatic rings. The van der Waals surface area contributed by atoms with Crippen molar-refractivity contribution in [3.05, 3.63) is 52.1 Å².